The van der Waals surface area contributed by atoms with E-state index in [4.69, 9.17) is 0 Å². The highest BCUT2D eigenvalue weighted by atomic mass is 79.9. The van der Waals surface area contributed by atoms with Gasteiger partial charge in [0.25, 0.3) is 0 Å². The number of Topliss-reactive ketones (excluding diaryl/α,β-unsaturated/α-hetero) is 1. The van der Waals surface area contributed by atoms with E-state index in [9.17, 15) is 9.59 Å². The first-order chi connectivity index (χ1) is 7.65. The Balaban J connectivity index is 2.05. The largest absolute Gasteiger partial charge is 0.338 e. The van der Waals surface area contributed by atoms with Crippen LogP contribution in [-0.4, -0.2) is 23.1 Å². The quantitative estimate of drug-likeness (QED) is 0.779. The van der Waals surface area contributed by atoms with Crippen LogP contribution in [0.15, 0.2) is 28.7 Å². The highest BCUT2D eigenvalue weighted by Gasteiger charge is 2.23. The minimum absolute atomic E-state index is 0.0514. The summed E-state index contributed by atoms with van der Waals surface area (Å²) in [6.07, 6.45) is 0.549. The standard InChI is InChI=1S/C12H12BrNO2/c13-10-3-1-2-9(6-10)8-14-5-4-11(15)7-12(14)16/h1-3,6H,4-5,7-8H2. The third-order valence-electron chi connectivity index (χ3n) is 2.62. The Morgan fingerprint density at radius 2 is 2.12 bits per heavy atom. The van der Waals surface area contributed by atoms with Crippen molar-refractivity contribution in [2.24, 2.45) is 0 Å². The van der Waals surface area contributed by atoms with Crippen molar-refractivity contribution in [1.82, 2.24) is 4.90 Å². The maximum atomic E-state index is 11.6. The van der Waals surface area contributed by atoms with Crippen molar-refractivity contribution in [3.8, 4) is 0 Å². The van der Waals surface area contributed by atoms with Crippen LogP contribution in [0.1, 0.15) is 18.4 Å². The van der Waals surface area contributed by atoms with Gasteiger partial charge >= 0.3 is 0 Å². The van der Waals surface area contributed by atoms with Crippen LogP contribution in [0, 0.1) is 0 Å². The molecule has 1 aliphatic rings. The molecule has 1 amide bonds. The summed E-state index contributed by atoms with van der Waals surface area (Å²) in [5.41, 5.74) is 1.08. The number of carbonyl (C=O) groups excluding carboxylic acids is 2. The van der Waals surface area contributed by atoms with E-state index in [-0.39, 0.29) is 18.1 Å². The van der Waals surface area contributed by atoms with Crippen LogP contribution in [0.5, 0.6) is 0 Å². The summed E-state index contributed by atoms with van der Waals surface area (Å²) in [5.74, 6) is -0.00767. The molecule has 2 rings (SSSR count). The smallest absolute Gasteiger partial charge is 0.230 e. The fourth-order valence-corrected chi connectivity index (χ4v) is 2.22. The topological polar surface area (TPSA) is 37.4 Å². The molecule has 1 aromatic rings. The lowest BCUT2D eigenvalue weighted by Crippen LogP contribution is -2.38. The van der Waals surface area contributed by atoms with Gasteiger partial charge in [0.15, 0.2) is 0 Å². The zero-order valence-electron chi connectivity index (χ0n) is 8.78. The Morgan fingerprint density at radius 1 is 1.31 bits per heavy atom. The van der Waals surface area contributed by atoms with Crippen LogP contribution in [0.3, 0.4) is 0 Å². The van der Waals surface area contributed by atoms with Crippen LogP contribution in [0.4, 0.5) is 0 Å². The highest BCUT2D eigenvalue weighted by Crippen LogP contribution is 2.16. The van der Waals surface area contributed by atoms with Crippen LogP contribution in [0.2, 0.25) is 0 Å². The predicted molar refractivity (Wildman–Crippen MR) is 63.8 cm³/mol. The van der Waals surface area contributed by atoms with Gasteiger partial charge in [-0.2, -0.15) is 0 Å². The maximum Gasteiger partial charge on any atom is 0.230 e. The van der Waals surface area contributed by atoms with E-state index >= 15 is 0 Å². The molecule has 1 aliphatic heterocycles. The van der Waals surface area contributed by atoms with Crippen molar-refractivity contribution in [3.63, 3.8) is 0 Å². The molecule has 0 saturated carbocycles. The number of ketones is 1. The average Bonchev–Trinajstić information content (AvgIpc) is 2.22. The second-order valence-electron chi connectivity index (χ2n) is 3.91. The summed E-state index contributed by atoms with van der Waals surface area (Å²) >= 11 is 3.39. The summed E-state index contributed by atoms with van der Waals surface area (Å²) in [5, 5.41) is 0. The molecule has 0 aromatic heterocycles. The molecule has 0 atom stereocenters. The molecular formula is C12H12BrNO2. The van der Waals surface area contributed by atoms with E-state index in [1.165, 1.54) is 0 Å². The fourth-order valence-electron chi connectivity index (χ4n) is 1.78. The first-order valence-electron chi connectivity index (χ1n) is 5.19. The zero-order valence-corrected chi connectivity index (χ0v) is 10.4. The molecule has 0 spiro atoms. The van der Waals surface area contributed by atoms with E-state index in [2.05, 4.69) is 15.9 Å². The van der Waals surface area contributed by atoms with E-state index < -0.39 is 0 Å². The normalized spacial score (nSPS) is 16.7. The molecule has 1 saturated heterocycles. The van der Waals surface area contributed by atoms with Gasteiger partial charge in [0.05, 0.1) is 6.42 Å². The molecule has 0 N–H and O–H groups in total. The molecule has 0 bridgehead atoms. The molecule has 1 aromatic carbocycles. The fraction of sp³-hybridized carbons (Fsp3) is 0.333. The number of hydrogen-bond acceptors (Lipinski definition) is 2. The number of amides is 1. The Bertz CT molecular complexity index is 431. The van der Waals surface area contributed by atoms with Crippen LogP contribution in [-0.2, 0) is 16.1 Å². The van der Waals surface area contributed by atoms with Gasteiger partial charge in [-0.15, -0.1) is 0 Å². The number of piperidine rings is 1. The predicted octanol–water partition coefficient (Wildman–Crippen LogP) is 2.14. The van der Waals surface area contributed by atoms with Gasteiger partial charge in [0, 0.05) is 24.0 Å². The molecule has 16 heavy (non-hydrogen) atoms. The molecule has 1 fully saturated rings. The third-order valence-corrected chi connectivity index (χ3v) is 3.12. The molecule has 84 valence electrons. The SMILES string of the molecule is O=C1CCN(Cc2cccc(Br)c2)C(=O)C1. The van der Waals surface area contributed by atoms with Crippen LogP contribution >= 0.6 is 15.9 Å². The number of likely N-dealkylation sites (tertiary alicyclic amines) is 1. The highest BCUT2D eigenvalue weighted by molar-refractivity contribution is 9.10. The molecule has 4 heteroatoms. The Labute approximate surface area is 103 Å². The molecule has 0 unspecified atom stereocenters. The second-order valence-corrected chi connectivity index (χ2v) is 4.83. The van der Waals surface area contributed by atoms with Gasteiger partial charge in [-0.25, -0.2) is 0 Å². The second kappa shape index (κ2) is 4.78. The monoisotopic (exact) mass is 281 g/mol. The number of rotatable bonds is 2. The minimum atomic E-state index is -0.0591. The first kappa shape index (κ1) is 11.3. The Morgan fingerprint density at radius 3 is 2.81 bits per heavy atom. The van der Waals surface area contributed by atoms with Gasteiger partial charge in [0.2, 0.25) is 5.91 Å². The Hall–Kier alpha value is -1.16. The van der Waals surface area contributed by atoms with Gasteiger partial charge in [0.1, 0.15) is 5.78 Å². The zero-order chi connectivity index (χ0) is 11.5. The number of benzene rings is 1. The summed E-state index contributed by atoms with van der Waals surface area (Å²) in [7, 11) is 0. The maximum absolute atomic E-state index is 11.6. The van der Waals surface area contributed by atoms with Gasteiger partial charge in [-0.1, -0.05) is 28.1 Å². The van der Waals surface area contributed by atoms with Crippen molar-refractivity contribution >= 4 is 27.6 Å². The van der Waals surface area contributed by atoms with E-state index in [0.717, 1.165) is 10.0 Å². The summed E-state index contributed by atoms with van der Waals surface area (Å²) < 4.78 is 1.01. The van der Waals surface area contributed by atoms with E-state index in [1.807, 2.05) is 24.3 Å². The number of nitrogens with zero attached hydrogens (tertiary/aromatic N) is 1. The summed E-state index contributed by atoms with van der Waals surface area (Å²) in [6, 6.07) is 7.86. The number of halogens is 1. The van der Waals surface area contributed by atoms with Gasteiger partial charge in [-0.3, -0.25) is 9.59 Å². The lowest BCUT2D eigenvalue weighted by Gasteiger charge is -2.26. The molecular weight excluding hydrogens is 270 g/mol. The average molecular weight is 282 g/mol. The van der Waals surface area contributed by atoms with Crippen LogP contribution in [0.25, 0.3) is 0 Å². The van der Waals surface area contributed by atoms with E-state index in [0.29, 0.717) is 19.5 Å². The number of hydrogen-bond donors (Lipinski definition) is 0. The molecule has 3 nitrogen and oxygen atoms in total. The van der Waals surface area contributed by atoms with Gasteiger partial charge in [-0.05, 0) is 17.7 Å². The molecule has 0 radical (unpaired) electrons. The first-order valence-corrected chi connectivity index (χ1v) is 5.98. The summed E-state index contributed by atoms with van der Waals surface area (Å²) in [4.78, 5) is 24.4. The van der Waals surface area contributed by atoms with Crippen molar-refractivity contribution in [1.29, 1.82) is 0 Å². The van der Waals surface area contributed by atoms with Gasteiger partial charge < -0.3 is 4.90 Å². The van der Waals surface area contributed by atoms with Crippen molar-refractivity contribution in [2.45, 2.75) is 19.4 Å². The van der Waals surface area contributed by atoms with Crippen LogP contribution < -0.4 is 0 Å². The lowest BCUT2D eigenvalue weighted by molar-refractivity contribution is -0.139. The van der Waals surface area contributed by atoms with Crippen molar-refractivity contribution < 1.29 is 9.59 Å². The van der Waals surface area contributed by atoms with Crippen molar-refractivity contribution in [2.75, 3.05) is 6.54 Å². The Kier molecular flexibility index (Phi) is 3.39. The van der Waals surface area contributed by atoms with E-state index in [1.54, 1.807) is 4.90 Å². The number of carbonyl (C=O) groups is 2. The lowest BCUT2D eigenvalue weighted by atomic mass is 10.1. The summed E-state index contributed by atoms with van der Waals surface area (Å²) in [6.45, 7) is 1.13. The molecule has 1 heterocycles. The molecule has 0 aliphatic carbocycles. The third kappa shape index (κ3) is 2.70. The van der Waals surface area contributed by atoms with Crippen molar-refractivity contribution in [3.05, 3.63) is 34.3 Å². The minimum Gasteiger partial charge on any atom is -0.338 e.